The number of ether oxygens (including phenoxy) is 1. The number of aliphatic imine (C=N–C) groups is 2. The summed E-state index contributed by atoms with van der Waals surface area (Å²) >= 11 is 0. The number of hydrogen-bond donors (Lipinski definition) is 2. The summed E-state index contributed by atoms with van der Waals surface area (Å²) in [5.41, 5.74) is 5.70. The van der Waals surface area contributed by atoms with Gasteiger partial charge >= 0.3 is 0 Å². The maximum absolute atomic E-state index is 5.40. The molecule has 0 amide bonds. The predicted molar refractivity (Wildman–Crippen MR) is 119 cm³/mol. The van der Waals surface area contributed by atoms with Crippen LogP contribution in [0.15, 0.2) is 64.1 Å². The van der Waals surface area contributed by atoms with E-state index in [1.807, 2.05) is 18.3 Å². The summed E-state index contributed by atoms with van der Waals surface area (Å²) in [6.07, 6.45) is 7.82. The van der Waals surface area contributed by atoms with Crippen LogP contribution in [0.3, 0.4) is 0 Å². The first-order valence-electron chi connectivity index (χ1n) is 10.4. The average molecular weight is 386 g/mol. The van der Waals surface area contributed by atoms with E-state index in [-0.39, 0.29) is 6.17 Å². The van der Waals surface area contributed by atoms with Crippen molar-refractivity contribution in [3.05, 3.63) is 59.7 Å². The molecular weight excluding hydrogens is 360 g/mol. The van der Waals surface area contributed by atoms with Gasteiger partial charge in [-0.15, -0.1) is 0 Å². The summed E-state index contributed by atoms with van der Waals surface area (Å²) < 4.78 is 5.40. The van der Waals surface area contributed by atoms with Gasteiger partial charge in [-0.2, -0.15) is 0 Å². The quantitative estimate of drug-likeness (QED) is 0.807. The van der Waals surface area contributed by atoms with Gasteiger partial charge in [-0.05, 0) is 60.6 Å². The van der Waals surface area contributed by atoms with Crippen molar-refractivity contribution in [2.45, 2.75) is 25.4 Å². The zero-order chi connectivity index (χ0) is 19.6. The third-order valence-corrected chi connectivity index (χ3v) is 5.68. The van der Waals surface area contributed by atoms with Crippen molar-refractivity contribution in [3.8, 4) is 16.9 Å². The normalized spacial score (nSPS) is 21.8. The highest BCUT2D eigenvalue weighted by Gasteiger charge is 2.26. The molecule has 1 aliphatic carbocycles. The fraction of sp³-hybridized carbons (Fsp3) is 0.333. The average Bonchev–Trinajstić information content (AvgIpc) is 3.62. The smallest absolute Gasteiger partial charge is 0.132 e. The molecule has 5 heteroatoms. The number of amidine groups is 1. The standard InChI is InChI=1S/C24H26N4O/c1-29-20-6-2-4-17(12-20)18-9-10-22-21(13-18)24(26-14-16-7-8-16)28-23(27-22)19-5-3-11-25-15-19/h2,4-6,9-10,12-13,15-16,23,27H,3,7-8,11,14H2,1H3,(H,26,28). The summed E-state index contributed by atoms with van der Waals surface area (Å²) in [5.74, 6) is 2.58. The van der Waals surface area contributed by atoms with Gasteiger partial charge in [0.15, 0.2) is 0 Å². The van der Waals surface area contributed by atoms with E-state index in [0.29, 0.717) is 0 Å². The number of nitrogens with zero attached hydrogens (tertiary/aromatic N) is 2. The van der Waals surface area contributed by atoms with E-state index in [9.17, 15) is 0 Å². The minimum atomic E-state index is 0.00664. The van der Waals surface area contributed by atoms with Crippen LogP contribution in [0.4, 0.5) is 5.69 Å². The number of benzene rings is 2. The number of hydrogen-bond acceptors (Lipinski definition) is 4. The molecule has 2 heterocycles. The zero-order valence-electron chi connectivity index (χ0n) is 16.7. The fourth-order valence-corrected chi connectivity index (χ4v) is 3.79. The summed E-state index contributed by atoms with van der Waals surface area (Å²) in [7, 11) is 1.70. The Kier molecular flexibility index (Phi) is 4.80. The minimum absolute atomic E-state index is 0.00664. The molecule has 5 rings (SSSR count). The van der Waals surface area contributed by atoms with Crippen molar-refractivity contribution < 1.29 is 4.74 Å². The Labute approximate surface area is 171 Å². The van der Waals surface area contributed by atoms with E-state index in [4.69, 9.17) is 9.73 Å². The van der Waals surface area contributed by atoms with E-state index in [1.54, 1.807) is 7.11 Å². The maximum atomic E-state index is 5.40. The molecule has 5 nitrogen and oxygen atoms in total. The highest BCUT2D eigenvalue weighted by molar-refractivity contribution is 6.07. The molecule has 2 aromatic rings. The van der Waals surface area contributed by atoms with E-state index in [2.05, 4.69) is 52.0 Å². The summed E-state index contributed by atoms with van der Waals surface area (Å²) in [5, 5.41) is 7.24. The number of fused-ring (bicyclic) bond motifs is 1. The van der Waals surface area contributed by atoms with Gasteiger partial charge in [-0.1, -0.05) is 24.3 Å². The Morgan fingerprint density at radius 2 is 2.00 bits per heavy atom. The minimum Gasteiger partial charge on any atom is -0.497 e. The van der Waals surface area contributed by atoms with Crippen molar-refractivity contribution in [3.63, 3.8) is 0 Å². The van der Waals surface area contributed by atoms with E-state index in [1.165, 1.54) is 18.4 Å². The molecule has 1 unspecified atom stereocenters. The van der Waals surface area contributed by atoms with Crippen LogP contribution in [-0.2, 0) is 0 Å². The van der Waals surface area contributed by atoms with Crippen molar-refractivity contribution in [2.24, 2.45) is 15.9 Å². The second kappa shape index (κ2) is 7.74. The first-order valence-corrected chi connectivity index (χ1v) is 10.4. The monoisotopic (exact) mass is 386 g/mol. The highest BCUT2D eigenvalue weighted by Crippen LogP contribution is 2.32. The first-order chi connectivity index (χ1) is 14.3. The molecule has 2 N–H and O–H groups in total. The van der Waals surface area contributed by atoms with Crippen LogP contribution in [0.2, 0.25) is 0 Å². The third-order valence-electron chi connectivity index (χ3n) is 5.68. The Morgan fingerprint density at radius 1 is 1.10 bits per heavy atom. The maximum Gasteiger partial charge on any atom is 0.132 e. The molecule has 1 fully saturated rings. The largest absolute Gasteiger partial charge is 0.497 e. The van der Waals surface area contributed by atoms with Crippen LogP contribution in [-0.4, -0.2) is 38.4 Å². The summed E-state index contributed by atoms with van der Waals surface area (Å²) in [6, 6.07) is 14.7. The number of rotatable bonds is 5. The lowest BCUT2D eigenvalue weighted by Crippen LogP contribution is -2.47. The second-order valence-corrected chi connectivity index (χ2v) is 7.87. The molecular formula is C24H26N4O. The van der Waals surface area contributed by atoms with E-state index < -0.39 is 0 Å². The molecule has 2 aliphatic heterocycles. The highest BCUT2D eigenvalue weighted by atomic mass is 16.5. The van der Waals surface area contributed by atoms with Crippen LogP contribution >= 0.6 is 0 Å². The van der Waals surface area contributed by atoms with Crippen LogP contribution in [0, 0.1) is 5.92 Å². The molecule has 1 saturated carbocycles. The SMILES string of the molecule is COc1cccc(-c2ccc3c(c2)C(=NCC2CC2)NC(C2=CCCN=C2)N3)c1. The Bertz CT molecular complexity index is 1000. The van der Waals surface area contributed by atoms with Crippen LogP contribution in [0.5, 0.6) is 5.75 Å². The van der Waals surface area contributed by atoms with Crippen molar-refractivity contribution in [2.75, 3.05) is 25.5 Å². The topological polar surface area (TPSA) is 58.0 Å². The van der Waals surface area contributed by atoms with Gasteiger partial charge < -0.3 is 15.4 Å². The number of anilines is 1. The van der Waals surface area contributed by atoms with Gasteiger partial charge in [0, 0.05) is 36.1 Å². The van der Waals surface area contributed by atoms with Gasteiger partial charge in [-0.3, -0.25) is 9.98 Å². The third kappa shape index (κ3) is 3.90. The predicted octanol–water partition coefficient (Wildman–Crippen LogP) is 4.26. The lowest BCUT2D eigenvalue weighted by Gasteiger charge is -2.32. The molecule has 0 bridgehead atoms. The fourth-order valence-electron chi connectivity index (χ4n) is 3.79. The van der Waals surface area contributed by atoms with Crippen molar-refractivity contribution >= 4 is 17.7 Å². The molecule has 148 valence electrons. The van der Waals surface area contributed by atoms with Crippen molar-refractivity contribution in [1.29, 1.82) is 0 Å². The Hall–Kier alpha value is -3.08. The molecule has 0 aromatic heterocycles. The molecule has 1 atom stereocenters. The van der Waals surface area contributed by atoms with Gasteiger partial charge in [0.25, 0.3) is 0 Å². The van der Waals surface area contributed by atoms with E-state index in [0.717, 1.165) is 59.4 Å². The second-order valence-electron chi connectivity index (χ2n) is 7.87. The molecule has 29 heavy (non-hydrogen) atoms. The van der Waals surface area contributed by atoms with Gasteiger partial charge in [0.1, 0.15) is 17.8 Å². The number of nitrogens with one attached hydrogen (secondary N) is 2. The van der Waals surface area contributed by atoms with Crippen LogP contribution in [0.1, 0.15) is 24.8 Å². The zero-order valence-corrected chi connectivity index (χ0v) is 16.7. The Balaban J connectivity index is 1.51. The van der Waals surface area contributed by atoms with Gasteiger partial charge in [0.2, 0.25) is 0 Å². The lowest BCUT2D eigenvalue weighted by atomic mass is 9.98. The van der Waals surface area contributed by atoms with E-state index >= 15 is 0 Å². The summed E-state index contributed by atoms with van der Waals surface area (Å²) in [4.78, 5) is 9.41. The first kappa shape index (κ1) is 18.0. The van der Waals surface area contributed by atoms with Crippen LogP contribution in [0.25, 0.3) is 11.1 Å². The molecule has 2 aromatic carbocycles. The van der Waals surface area contributed by atoms with Crippen molar-refractivity contribution in [1.82, 2.24) is 5.32 Å². The van der Waals surface area contributed by atoms with Gasteiger partial charge in [-0.25, -0.2) is 0 Å². The lowest BCUT2D eigenvalue weighted by molar-refractivity contribution is 0.415. The van der Waals surface area contributed by atoms with Gasteiger partial charge in [0.05, 0.1) is 7.11 Å². The molecule has 3 aliphatic rings. The molecule has 0 saturated heterocycles. The van der Waals surface area contributed by atoms with Crippen LogP contribution < -0.4 is 15.4 Å². The number of dihydropyridines is 1. The molecule has 0 spiro atoms. The molecule has 0 radical (unpaired) electrons. The number of methoxy groups -OCH3 is 1. The summed E-state index contributed by atoms with van der Waals surface area (Å²) in [6.45, 7) is 1.77. The Morgan fingerprint density at radius 3 is 2.79 bits per heavy atom.